The van der Waals surface area contributed by atoms with Crippen molar-refractivity contribution in [3.05, 3.63) is 61.7 Å². The first kappa shape index (κ1) is 19.9. The van der Waals surface area contributed by atoms with Crippen LogP contribution >= 0.6 is 0 Å². The van der Waals surface area contributed by atoms with E-state index in [9.17, 15) is 14.9 Å². The number of hydrogen-bond donors (Lipinski definition) is 1. The number of ether oxygens (including phenoxy) is 1. The van der Waals surface area contributed by atoms with Crippen LogP contribution in [0.3, 0.4) is 0 Å². The SMILES string of the molecule is CCOc1nc(-n2[nH]c(C)c(N=Nc3ccc([N+](=O)[O-])cc3)c2=O)nc(C)c1C. The van der Waals surface area contributed by atoms with Crippen LogP contribution in [0.1, 0.15) is 23.9 Å². The van der Waals surface area contributed by atoms with Gasteiger partial charge in [-0.05, 0) is 39.8 Å². The highest BCUT2D eigenvalue weighted by Crippen LogP contribution is 2.22. The summed E-state index contributed by atoms with van der Waals surface area (Å²) in [6.45, 7) is 7.60. The van der Waals surface area contributed by atoms with Crippen molar-refractivity contribution in [2.24, 2.45) is 10.2 Å². The lowest BCUT2D eigenvalue weighted by atomic mass is 10.2. The molecule has 0 amide bonds. The summed E-state index contributed by atoms with van der Waals surface area (Å²) in [5.74, 6) is 0.546. The summed E-state index contributed by atoms with van der Waals surface area (Å²) < 4.78 is 6.69. The average molecular weight is 397 g/mol. The van der Waals surface area contributed by atoms with Gasteiger partial charge in [-0.25, -0.2) is 4.98 Å². The number of nitro benzene ring substituents is 1. The minimum Gasteiger partial charge on any atom is -0.478 e. The first-order chi connectivity index (χ1) is 13.8. The fourth-order valence-corrected chi connectivity index (χ4v) is 2.51. The standard InChI is InChI=1S/C18H19N7O4/c1-5-29-16-10(2)11(3)19-18(20-16)24-17(26)15(12(4)23-24)22-21-13-6-8-14(9-7-13)25(27)28/h6-9,23H,5H2,1-4H3. The van der Waals surface area contributed by atoms with Crippen molar-refractivity contribution < 1.29 is 9.66 Å². The summed E-state index contributed by atoms with van der Waals surface area (Å²) in [4.78, 5) is 31.7. The third kappa shape index (κ3) is 4.03. The van der Waals surface area contributed by atoms with E-state index >= 15 is 0 Å². The van der Waals surface area contributed by atoms with Crippen LogP contribution in [0.15, 0.2) is 39.3 Å². The average Bonchev–Trinajstić information content (AvgIpc) is 2.98. The Labute approximate surface area is 165 Å². The van der Waals surface area contributed by atoms with Gasteiger partial charge in [0, 0.05) is 23.4 Å². The van der Waals surface area contributed by atoms with E-state index in [-0.39, 0.29) is 17.3 Å². The molecule has 0 fully saturated rings. The smallest absolute Gasteiger partial charge is 0.301 e. The van der Waals surface area contributed by atoms with Crippen LogP contribution in [-0.4, -0.2) is 31.3 Å². The van der Waals surface area contributed by atoms with Crippen LogP contribution < -0.4 is 10.3 Å². The fraction of sp³-hybridized carbons (Fsp3) is 0.278. The van der Waals surface area contributed by atoms with Crippen LogP contribution in [0.4, 0.5) is 17.1 Å². The molecular weight excluding hydrogens is 378 g/mol. The van der Waals surface area contributed by atoms with Crippen LogP contribution in [0, 0.1) is 30.9 Å². The second-order valence-corrected chi connectivity index (χ2v) is 6.17. The molecule has 0 bridgehead atoms. The number of non-ortho nitro benzene ring substituents is 1. The topological polar surface area (TPSA) is 141 Å². The lowest BCUT2D eigenvalue weighted by Gasteiger charge is -2.10. The Morgan fingerprint density at radius 2 is 1.86 bits per heavy atom. The van der Waals surface area contributed by atoms with E-state index in [1.165, 1.54) is 28.9 Å². The number of hydrogen-bond acceptors (Lipinski definition) is 8. The quantitative estimate of drug-likeness (QED) is 0.383. The monoisotopic (exact) mass is 397 g/mol. The van der Waals surface area contributed by atoms with E-state index in [1.807, 2.05) is 13.8 Å². The third-order valence-electron chi connectivity index (χ3n) is 4.18. The number of aryl methyl sites for hydroxylation is 2. The largest absolute Gasteiger partial charge is 0.478 e. The maximum absolute atomic E-state index is 12.8. The zero-order valence-corrected chi connectivity index (χ0v) is 16.3. The van der Waals surface area contributed by atoms with Crippen molar-refractivity contribution in [1.82, 2.24) is 19.7 Å². The zero-order chi connectivity index (χ0) is 21.1. The first-order valence-corrected chi connectivity index (χ1v) is 8.78. The minimum atomic E-state index is -0.504. The molecule has 0 saturated heterocycles. The molecule has 2 aromatic heterocycles. The highest BCUT2D eigenvalue weighted by Gasteiger charge is 2.17. The molecule has 0 aliphatic carbocycles. The predicted molar refractivity (Wildman–Crippen MR) is 105 cm³/mol. The number of nitrogens with zero attached hydrogens (tertiary/aromatic N) is 6. The van der Waals surface area contributed by atoms with Crippen molar-refractivity contribution in [3.8, 4) is 11.8 Å². The number of nitrogens with one attached hydrogen (secondary N) is 1. The van der Waals surface area contributed by atoms with Crippen LogP contribution in [0.5, 0.6) is 5.88 Å². The van der Waals surface area contributed by atoms with E-state index in [0.717, 1.165) is 5.56 Å². The van der Waals surface area contributed by atoms with E-state index < -0.39 is 10.5 Å². The molecule has 0 saturated carbocycles. The molecule has 3 rings (SSSR count). The van der Waals surface area contributed by atoms with Gasteiger partial charge in [-0.15, -0.1) is 5.11 Å². The molecular formula is C18H19N7O4. The Morgan fingerprint density at radius 1 is 1.17 bits per heavy atom. The predicted octanol–water partition coefficient (Wildman–Crippen LogP) is 3.60. The molecule has 0 atom stereocenters. The zero-order valence-electron chi connectivity index (χ0n) is 16.3. The molecule has 0 radical (unpaired) electrons. The first-order valence-electron chi connectivity index (χ1n) is 8.78. The highest BCUT2D eigenvalue weighted by molar-refractivity contribution is 5.46. The summed E-state index contributed by atoms with van der Waals surface area (Å²) in [7, 11) is 0. The Morgan fingerprint density at radius 3 is 2.48 bits per heavy atom. The lowest BCUT2D eigenvalue weighted by Crippen LogP contribution is -2.18. The maximum atomic E-state index is 12.8. The van der Waals surface area contributed by atoms with Crippen molar-refractivity contribution >= 4 is 17.1 Å². The van der Waals surface area contributed by atoms with E-state index in [0.29, 0.717) is 29.6 Å². The molecule has 0 spiro atoms. The molecule has 1 N–H and O–H groups in total. The molecule has 150 valence electrons. The molecule has 0 aliphatic heterocycles. The molecule has 2 heterocycles. The number of H-pyrrole nitrogens is 1. The van der Waals surface area contributed by atoms with Gasteiger partial charge in [-0.2, -0.15) is 14.8 Å². The van der Waals surface area contributed by atoms with Crippen LogP contribution in [-0.2, 0) is 0 Å². The number of aromatic nitrogens is 4. The highest BCUT2D eigenvalue weighted by atomic mass is 16.6. The van der Waals surface area contributed by atoms with Gasteiger partial charge in [0.25, 0.3) is 11.6 Å². The number of azo groups is 1. The van der Waals surface area contributed by atoms with Gasteiger partial charge in [0.2, 0.25) is 5.88 Å². The van der Waals surface area contributed by atoms with Gasteiger partial charge in [-0.1, -0.05) is 0 Å². The van der Waals surface area contributed by atoms with Crippen molar-refractivity contribution in [2.75, 3.05) is 6.61 Å². The number of rotatable bonds is 6. The van der Waals surface area contributed by atoms with E-state index in [4.69, 9.17) is 4.74 Å². The normalized spacial score (nSPS) is 11.2. The molecule has 11 heteroatoms. The number of benzene rings is 1. The Hall–Kier alpha value is -3.89. The molecule has 3 aromatic rings. The summed E-state index contributed by atoms with van der Waals surface area (Å²) >= 11 is 0. The van der Waals surface area contributed by atoms with Crippen molar-refractivity contribution in [3.63, 3.8) is 0 Å². The second-order valence-electron chi connectivity index (χ2n) is 6.17. The van der Waals surface area contributed by atoms with Gasteiger partial charge in [0.15, 0.2) is 5.69 Å². The molecule has 1 aromatic carbocycles. The summed E-state index contributed by atoms with van der Waals surface area (Å²) in [5, 5.41) is 21.6. The van der Waals surface area contributed by atoms with Gasteiger partial charge in [0.05, 0.1) is 22.9 Å². The fourth-order valence-electron chi connectivity index (χ4n) is 2.51. The van der Waals surface area contributed by atoms with Crippen LogP contribution in [0.25, 0.3) is 5.95 Å². The Kier molecular flexibility index (Phi) is 5.48. The van der Waals surface area contributed by atoms with Gasteiger partial charge >= 0.3 is 5.56 Å². The van der Waals surface area contributed by atoms with Crippen LogP contribution in [0.2, 0.25) is 0 Å². The third-order valence-corrected chi connectivity index (χ3v) is 4.18. The van der Waals surface area contributed by atoms with E-state index in [2.05, 4.69) is 25.3 Å². The molecule has 0 aliphatic rings. The van der Waals surface area contributed by atoms with Gasteiger partial charge in [-0.3, -0.25) is 20.0 Å². The number of nitro groups is 1. The minimum absolute atomic E-state index is 0.0545. The maximum Gasteiger partial charge on any atom is 0.301 e. The molecule has 11 nitrogen and oxygen atoms in total. The van der Waals surface area contributed by atoms with Crippen molar-refractivity contribution in [2.45, 2.75) is 27.7 Å². The van der Waals surface area contributed by atoms with Gasteiger partial charge in [0.1, 0.15) is 0 Å². The summed E-state index contributed by atoms with van der Waals surface area (Å²) in [5.41, 5.74) is 1.89. The lowest BCUT2D eigenvalue weighted by molar-refractivity contribution is -0.384. The van der Waals surface area contributed by atoms with Gasteiger partial charge < -0.3 is 4.74 Å². The number of aromatic amines is 1. The Balaban J connectivity index is 1.97. The van der Waals surface area contributed by atoms with Crippen molar-refractivity contribution in [1.29, 1.82) is 0 Å². The molecule has 0 unspecified atom stereocenters. The summed E-state index contributed by atoms with van der Waals surface area (Å²) in [6, 6.07) is 5.52. The molecule has 29 heavy (non-hydrogen) atoms. The Bertz CT molecular complexity index is 1150. The summed E-state index contributed by atoms with van der Waals surface area (Å²) in [6.07, 6.45) is 0. The second kappa shape index (κ2) is 8.00. The van der Waals surface area contributed by atoms with E-state index in [1.54, 1.807) is 13.8 Å².